The first kappa shape index (κ1) is 36.9. The SMILES string of the molecule is CC1(C)C2CN(C(=O)[C@@H](NC(=O)NC3(CS(=O)(=O)C(C)(C)C)CCCCC3)C3CCCCC3)[C@H](C(=O)NC(CC3CC3)C(O)C(=O)O)[C@H]21. The molecular formula is C35H58N4O8S. The van der Waals surface area contributed by atoms with Crippen molar-refractivity contribution in [3.63, 3.8) is 0 Å². The quantitative estimate of drug-likeness (QED) is 0.206. The number of rotatable bonds is 12. The highest BCUT2D eigenvalue weighted by molar-refractivity contribution is 7.92. The van der Waals surface area contributed by atoms with Gasteiger partial charge < -0.3 is 31.1 Å². The Labute approximate surface area is 285 Å². The second-order valence-corrected chi connectivity index (χ2v) is 19.9. The predicted molar refractivity (Wildman–Crippen MR) is 181 cm³/mol. The minimum Gasteiger partial charge on any atom is -0.479 e. The summed E-state index contributed by atoms with van der Waals surface area (Å²) in [6.45, 7) is 9.49. The highest BCUT2D eigenvalue weighted by atomic mass is 32.2. The standard InChI is InChI=1S/C35H58N4O8S/c1-33(2,3)48(46,47)20-35(16-10-7-11-17-35)38-32(45)37-26(22-12-8-6-9-13-22)30(42)39-19-23-25(34(23,4)5)27(39)29(41)36-24(18-21-14-15-21)28(40)31(43)44/h21-28,40H,6-20H2,1-5H3,(H,36,41)(H,43,44)(H2,37,38,45)/t23?,24?,25-,26-,27-,28?/m0/s1. The number of carboxylic acids is 1. The molecule has 0 aromatic rings. The molecule has 4 aliphatic carbocycles. The third-order valence-electron chi connectivity index (χ3n) is 12.3. The number of aliphatic hydroxyl groups excluding tert-OH is 1. The zero-order chi connectivity index (χ0) is 35.2. The third-order valence-corrected chi connectivity index (χ3v) is 15.1. The number of carboxylic acid groups (broad SMARTS) is 1. The fourth-order valence-electron chi connectivity index (χ4n) is 8.79. The van der Waals surface area contributed by atoms with Crippen LogP contribution >= 0.6 is 0 Å². The van der Waals surface area contributed by atoms with Crippen LogP contribution in [0.3, 0.4) is 0 Å². The van der Waals surface area contributed by atoms with E-state index in [9.17, 15) is 37.8 Å². The molecule has 5 rings (SSSR count). The van der Waals surface area contributed by atoms with Crippen molar-refractivity contribution >= 4 is 33.7 Å². The second-order valence-electron chi connectivity index (χ2n) is 17.2. The molecule has 13 heteroatoms. The van der Waals surface area contributed by atoms with Crippen molar-refractivity contribution in [2.24, 2.45) is 29.1 Å². The summed E-state index contributed by atoms with van der Waals surface area (Å²) in [6, 6.07) is -3.27. The molecule has 0 spiro atoms. The van der Waals surface area contributed by atoms with Crippen LogP contribution in [0.1, 0.15) is 118 Å². The summed E-state index contributed by atoms with van der Waals surface area (Å²) in [7, 11) is -3.55. The van der Waals surface area contributed by atoms with E-state index in [1.54, 1.807) is 25.7 Å². The van der Waals surface area contributed by atoms with E-state index < -0.39 is 62.3 Å². The molecule has 0 aromatic carbocycles. The maximum atomic E-state index is 14.6. The number of aliphatic carboxylic acids is 1. The van der Waals surface area contributed by atoms with Gasteiger partial charge in [0.05, 0.1) is 22.1 Å². The molecule has 5 aliphatic rings. The zero-order valence-electron chi connectivity index (χ0n) is 29.4. The van der Waals surface area contributed by atoms with Gasteiger partial charge in [-0.15, -0.1) is 0 Å². The number of nitrogens with zero attached hydrogens (tertiary/aromatic N) is 1. The molecule has 0 aromatic heterocycles. The minimum atomic E-state index is -3.55. The minimum absolute atomic E-state index is 0.0809. The van der Waals surface area contributed by atoms with E-state index in [1.165, 1.54) is 0 Å². The van der Waals surface area contributed by atoms with Crippen molar-refractivity contribution in [1.82, 2.24) is 20.9 Å². The summed E-state index contributed by atoms with van der Waals surface area (Å²) < 4.78 is 25.7. The molecule has 4 saturated carbocycles. The maximum absolute atomic E-state index is 14.6. The van der Waals surface area contributed by atoms with Gasteiger partial charge in [0.1, 0.15) is 12.1 Å². The smallest absolute Gasteiger partial charge is 0.334 e. The van der Waals surface area contributed by atoms with Crippen LogP contribution in [0.25, 0.3) is 0 Å². The maximum Gasteiger partial charge on any atom is 0.334 e. The lowest BCUT2D eigenvalue weighted by atomic mass is 9.82. The lowest BCUT2D eigenvalue weighted by Gasteiger charge is -2.41. The number of carbonyl (C=O) groups excluding carboxylic acids is 3. The van der Waals surface area contributed by atoms with Gasteiger partial charge in [-0.05, 0) is 82.0 Å². The summed E-state index contributed by atoms with van der Waals surface area (Å²) in [5, 5.41) is 28.9. The van der Waals surface area contributed by atoms with Gasteiger partial charge in [0, 0.05) is 6.54 Å². The van der Waals surface area contributed by atoms with Crippen LogP contribution in [0.5, 0.6) is 0 Å². The van der Waals surface area contributed by atoms with Crippen LogP contribution < -0.4 is 16.0 Å². The lowest BCUT2D eigenvalue weighted by Crippen LogP contribution is -2.63. The molecule has 1 saturated heterocycles. The number of piperidine rings is 1. The molecule has 4 amide bonds. The summed E-state index contributed by atoms with van der Waals surface area (Å²) in [5.41, 5.74) is -1.12. The molecule has 1 aliphatic heterocycles. The molecule has 272 valence electrons. The van der Waals surface area contributed by atoms with Gasteiger partial charge >= 0.3 is 12.0 Å². The Hall–Kier alpha value is -2.41. The molecule has 3 unspecified atom stereocenters. The van der Waals surface area contributed by atoms with Crippen LogP contribution in [0.2, 0.25) is 0 Å². The average molecular weight is 695 g/mol. The number of sulfone groups is 1. The molecule has 12 nitrogen and oxygen atoms in total. The van der Waals surface area contributed by atoms with Crippen molar-refractivity contribution < 1.29 is 37.8 Å². The topological polar surface area (TPSA) is 182 Å². The highest BCUT2D eigenvalue weighted by Crippen LogP contribution is 2.65. The van der Waals surface area contributed by atoms with Gasteiger partial charge in [-0.1, -0.05) is 65.2 Å². The number of hydrogen-bond donors (Lipinski definition) is 5. The molecule has 0 bridgehead atoms. The Bertz CT molecular complexity index is 1340. The first-order chi connectivity index (χ1) is 22.4. The van der Waals surface area contributed by atoms with Crippen molar-refractivity contribution in [2.75, 3.05) is 12.3 Å². The fraction of sp³-hybridized carbons (Fsp3) is 0.886. The van der Waals surface area contributed by atoms with Gasteiger partial charge in [-0.3, -0.25) is 9.59 Å². The summed E-state index contributed by atoms with van der Waals surface area (Å²) in [5.74, 6) is -2.30. The molecule has 1 heterocycles. The average Bonchev–Trinajstić information content (AvgIpc) is 3.86. The number of urea groups is 1. The Morgan fingerprint density at radius 1 is 0.917 bits per heavy atom. The normalized spacial score (nSPS) is 28.8. The molecule has 48 heavy (non-hydrogen) atoms. The van der Waals surface area contributed by atoms with E-state index in [4.69, 9.17) is 0 Å². The van der Waals surface area contributed by atoms with E-state index in [0.29, 0.717) is 25.8 Å². The monoisotopic (exact) mass is 694 g/mol. The van der Waals surface area contributed by atoms with Crippen LogP contribution in [0.15, 0.2) is 0 Å². The predicted octanol–water partition coefficient (Wildman–Crippen LogP) is 3.36. The number of fused-ring (bicyclic) bond motifs is 1. The van der Waals surface area contributed by atoms with Crippen molar-refractivity contribution in [2.45, 2.75) is 153 Å². The van der Waals surface area contributed by atoms with Crippen LogP contribution in [-0.4, -0.2) is 94.2 Å². The van der Waals surface area contributed by atoms with Crippen LogP contribution in [0.4, 0.5) is 4.79 Å². The first-order valence-electron chi connectivity index (χ1n) is 18.2. The van der Waals surface area contributed by atoms with E-state index in [2.05, 4.69) is 29.8 Å². The van der Waals surface area contributed by atoms with E-state index >= 15 is 0 Å². The Morgan fingerprint density at radius 2 is 1.52 bits per heavy atom. The molecule has 5 N–H and O–H groups in total. The van der Waals surface area contributed by atoms with Gasteiger partial charge in [-0.25, -0.2) is 18.0 Å². The number of likely N-dealkylation sites (tertiary alicyclic amines) is 1. The largest absolute Gasteiger partial charge is 0.479 e. The molecular weight excluding hydrogens is 636 g/mol. The third kappa shape index (κ3) is 7.81. The van der Waals surface area contributed by atoms with Gasteiger partial charge in [-0.2, -0.15) is 0 Å². The van der Waals surface area contributed by atoms with Gasteiger partial charge in [0.15, 0.2) is 15.9 Å². The second kappa shape index (κ2) is 13.7. The molecule has 5 fully saturated rings. The Kier molecular flexibility index (Phi) is 10.5. The van der Waals surface area contributed by atoms with Crippen molar-refractivity contribution in [3.05, 3.63) is 0 Å². The Balaban J connectivity index is 1.37. The van der Waals surface area contributed by atoms with E-state index in [-0.39, 0.29) is 40.7 Å². The fourth-order valence-corrected chi connectivity index (χ4v) is 10.3. The number of hydrogen-bond acceptors (Lipinski definition) is 7. The summed E-state index contributed by atoms with van der Waals surface area (Å²) in [6.07, 6.45) is 8.46. The number of nitrogens with one attached hydrogen (secondary N) is 3. The number of carbonyl (C=O) groups is 4. The van der Waals surface area contributed by atoms with Crippen molar-refractivity contribution in [1.29, 1.82) is 0 Å². The molecule has 0 radical (unpaired) electrons. The van der Waals surface area contributed by atoms with Gasteiger partial charge in [0.2, 0.25) is 11.8 Å². The number of amides is 4. The van der Waals surface area contributed by atoms with E-state index in [0.717, 1.165) is 64.2 Å². The lowest BCUT2D eigenvalue weighted by molar-refractivity contribution is -0.150. The molecule has 6 atom stereocenters. The van der Waals surface area contributed by atoms with Crippen LogP contribution in [0, 0.1) is 29.1 Å². The van der Waals surface area contributed by atoms with Gasteiger partial charge in [0.25, 0.3) is 0 Å². The number of aliphatic hydroxyl groups is 1. The summed E-state index contributed by atoms with van der Waals surface area (Å²) >= 11 is 0. The zero-order valence-corrected chi connectivity index (χ0v) is 30.2. The van der Waals surface area contributed by atoms with Crippen LogP contribution in [-0.2, 0) is 24.2 Å². The highest BCUT2D eigenvalue weighted by Gasteiger charge is 2.70. The Morgan fingerprint density at radius 3 is 2.08 bits per heavy atom. The van der Waals surface area contributed by atoms with E-state index in [1.807, 2.05) is 0 Å². The summed E-state index contributed by atoms with van der Waals surface area (Å²) in [4.78, 5) is 55.7. The first-order valence-corrected chi connectivity index (χ1v) is 19.8. The van der Waals surface area contributed by atoms with Crippen molar-refractivity contribution in [3.8, 4) is 0 Å².